The van der Waals surface area contributed by atoms with Gasteiger partial charge in [-0.3, -0.25) is 4.79 Å². The number of benzene rings is 1. The number of nitrogens with one attached hydrogen (secondary N) is 1. The Labute approximate surface area is 198 Å². The molecular formula is C27H41NO5. The molecule has 1 saturated carbocycles. The number of carbonyl (C=O) groups excluding carboxylic acids is 1. The summed E-state index contributed by atoms with van der Waals surface area (Å²) in [6, 6.07) is 8.37. The fraction of sp³-hybridized carbons (Fsp3) is 0.741. The Morgan fingerprint density at radius 3 is 2.73 bits per heavy atom. The maximum absolute atomic E-state index is 13.3. The van der Waals surface area contributed by atoms with Crippen LogP contribution in [0.3, 0.4) is 0 Å². The van der Waals surface area contributed by atoms with Gasteiger partial charge >= 0.3 is 0 Å². The maximum atomic E-state index is 13.3. The standard InChI is InChI=1S/C27H41NO5/c1-19(2)23-11-10-20(3)14-27(23,30)25(29)28-16-26(17-31-18-26)22-8-6-7-21(13-22)15-33-24-9-4-5-12-32-24/h6-8,13,19-20,23-24,30H,4-5,9-12,14-18H2,1-3H3,(H,28,29)/t20-,23+,24?,27+/m1/s1. The Bertz CT molecular complexity index is 801. The van der Waals surface area contributed by atoms with Crippen molar-refractivity contribution in [3.05, 3.63) is 35.4 Å². The third-order valence-electron chi connectivity index (χ3n) is 7.90. The lowest BCUT2D eigenvalue weighted by Crippen LogP contribution is -2.60. The highest BCUT2D eigenvalue weighted by Gasteiger charge is 2.49. The fourth-order valence-corrected chi connectivity index (χ4v) is 5.78. The van der Waals surface area contributed by atoms with Gasteiger partial charge in [0, 0.05) is 13.2 Å². The second kappa shape index (κ2) is 10.4. The second-order valence-electron chi connectivity index (χ2n) is 10.9. The summed E-state index contributed by atoms with van der Waals surface area (Å²) < 4.78 is 17.2. The van der Waals surface area contributed by atoms with Crippen LogP contribution in [0.15, 0.2) is 24.3 Å². The lowest BCUT2D eigenvalue weighted by atomic mass is 9.66. The number of carbonyl (C=O) groups is 1. The van der Waals surface area contributed by atoms with E-state index in [1.54, 1.807) is 0 Å². The average molecular weight is 460 g/mol. The number of hydrogen-bond acceptors (Lipinski definition) is 5. The summed E-state index contributed by atoms with van der Waals surface area (Å²) in [6.07, 6.45) is 5.57. The Hall–Kier alpha value is -1.47. The molecule has 2 aliphatic heterocycles. The van der Waals surface area contributed by atoms with Gasteiger partial charge in [-0.05, 0) is 61.0 Å². The normalized spacial score (nSPS) is 31.7. The number of ether oxygens (including phenoxy) is 3. The van der Waals surface area contributed by atoms with Crippen molar-refractivity contribution in [3.8, 4) is 0 Å². The molecule has 4 rings (SSSR count). The van der Waals surface area contributed by atoms with Crippen molar-refractivity contribution < 1.29 is 24.1 Å². The van der Waals surface area contributed by atoms with Crippen LogP contribution in [0.5, 0.6) is 0 Å². The van der Waals surface area contributed by atoms with Gasteiger partial charge in [-0.25, -0.2) is 0 Å². The topological polar surface area (TPSA) is 77.0 Å². The maximum Gasteiger partial charge on any atom is 0.252 e. The molecule has 6 heteroatoms. The number of amides is 1. The molecule has 1 amide bonds. The average Bonchev–Trinajstić information content (AvgIpc) is 2.77. The van der Waals surface area contributed by atoms with Crippen molar-refractivity contribution in [2.75, 3.05) is 26.4 Å². The monoisotopic (exact) mass is 459 g/mol. The Balaban J connectivity index is 1.41. The van der Waals surface area contributed by atoms with E-state index in [9.17, 15) is 9.90 Å². The van der Waals surface area contributed by atoms with Gasteiger partial charge in [-0.15, -0.1) is 0 Å². The molecular weight excluding hydrogens is 418 g/mol. The third-order valence-corrected chi connectivity index (χ3v) is 7.90. The molecule has 1 aromatic rings. The minimum atomic E-state index is -1.30. The van der Waals surface area contributed by atoms with Crippen LogP contribution < -0.4 is 5.32 Å². The van der Waals surface area contributed by atoms with Crippen molar-refractivity contribution in [1.82, 2.24) is 5.32 Å². The zero-order valence-corrected chi connectivity index (χ0v) is 20.5. The molecule has 6 nitrogen and oxygen atoms in total. The molecule has 1 aromatic carbocycles. The van der Waals surface area contributed by atoms with Crippen molar-refractivity contribution in [2.24, 2.45) is 17.8 Å². The van der Waals surface area contributed by atoms with E-state index in [0.29, 0.717) is 38.7 Å². The van der Waals surface area contributed by atoms with E-state index in [1.807, 2.05) is 6.07 Å². The molecule has 184 valence electrons. The van der Waals surface area contributed by atoms with Crippen molar-refractivity contribution >= 4 is 5.91 Å². The molecule has 0 radical (unpaired) electrons. The highest BCUT2D eigenvalue weighted by atomic mass is 16.7. The van der Waals surface area contributed by atoms with Crippen LogP contribution in [0.4, 0.5) is 0 Å². The van der Waals surface area contributed by atoms with E-state index in [4.69, 9.17) is 14.2 Å². The molecule has 3 aliphatic rings. The molecule has 1 unspecified atom stereocenters. The quantitative estimate of drug-likeness (QED) is 0.616. The Morgan fingerprint density at radius 2 is 2.06 bits per heavy atom. The van der Waals surface area contributed by atoms with Gasteiger partial charge in [0.05, 0.1) is 25.2 Å². The molecule has 0 bridgehead atoms. The SMILES string of the molecule is CC(C)[C@@H]1CC[C@@H](C)C[C@@]1(O)C(=O)NCC1(c2cccc(COC3CCCCO3)c2)COC1. The van der Waals surface area contributed by atoms with Crippen LogP contribution in [-0.4, -0.2) is 49.3 Å². The smallest absolute Gasteiger partial charge is 0.252 e. The van der Waals surface area contributed by atoms with Crippen LogP contribution in [0, 0.1) is 17.8 Å². The first-order valence-corrected chi connectivity index (χ1v) is 12.7. The van der Waals surface area contributed by atoms with Gasteiger partial charge in [0.15, 0.2) is 6.29 Å². The van der Waals surface area contributed by atoms with Gasteiger partial charge in [-0.1, -0.05) is 51.5 Å². The molecule has 0 aromatic heterocycles. The minimum absolute atomic E-state index is 0.00947. The van der Waals surface area contributed by atoms with E-state index in [1.165, 1.54) is 0 Å². The number of rotatable bonds is 8. The molecule has 2 heterocycles. The van der Waals surface area contributed by atoms with E-state index in [-0.39, 0.29) is 29.4 Å². The molecule has 0 spiro atoms. The van der Waals surface area contributed by atoms with Gasteiger partial charge < -0.3 is 24.6 Å². The summed E-state index contributed by atoms with van der Waals surface area (Å²) in [5.41, 5.74) is 0.674. The van der Waals surface area contributed by atoms with Crippen molar-refractivity contribution in [3.63, 3.8) is 0 Å². The first kappa shape index (κ1) is 24.6. The number of hydrogen-bond donors (Lipinski definition) is 2. The largest absolute Gasteiger partial charge is 0.380 e. The van der Waals surface area contributed by atoms with Gasteiger partial charge in [-0.2, -0.15) is 0 Å². The Kier molecular flexibility index (Phi) is 7.79. The Morgan fingerprint density at radius 1 is 1.24 bits per heavy atom. The van der Waals surface area contributed by atoms with E-state index < -0.39 is 5.60 Å². The molecule has 33 heavy (non-hydrogen) atoms. The van der Waals surface area contributed by atoms with E-state index >= 15 is 0 Å². The van der Waals surface area contributed by atoms with Crippen LogP contribution in [0.25, 0.3) is 0 Å². The van der Waals surface area contributed by atoms with Crippen LogP contribution in [0.1, 0.15) is 70.4 Å². The summed E-state index contributed by atoms with van der Waals surface area (Å²) in [5.74, 6) is 0.373. The molecule has 2 N–H and O–H groups in total. The zero-order chi connectivity index (χ0) is 23.5. The first-order chi connectivity index (χ1) is 15.8. The van der Waals surface area contributed by atoms with Gasteiger partial charge in [0.1, 0.15) is 5.60 Å². The van der Waals surface area contributed by atoms with Gasteiger partial charge in [0.25, 0.3) is 5.91 Å². The molecule has 3 fully saturated rings. The first-order valence-electron chi connectivity index (χ1n) is 12.7. The zero-order valence-electron chi connectivity index (χ0n) is 20.5. The summed E-state index contributed by atoms with van der Waals surface area (Å²) in [7, 11) is 0. The lowest BCUT2D eigenvalue weighted by molar-refractivity contribution is -0.169. The molecule has 4 atom stereocenters. The lowest BCUT2D eigenvalue weighted by Gasteiger charge is -2.45. The predicted molar refractivity (Wildman–Crippen MR) is 127 cm³/mol. The highest BCUT2D eigenvalue weighted by molar-refractivity contribution is 5.85. The summed E-state index contributed by atoms with van der Waals surface area (Å²) in [6.45, 7) is 9.20. The third kappa shape index (κ3) is 5.45. The van der Waals surface area contributed by atoms with Crippen molar-refractivity contribution in [2.45, 2.75) is 83.2 Å². The van der Waals surface area contributed by atoms with Crippen LogP contribution >= 0.6 is 0 Å². The summed E-state index contributed by atoms with van der Waals surface area (Å²) >= 11 is 0. The predicted octanol–water partition coefficient (Wildman–Crippen LogP) is 3.94. The van der Waals surface area contributed by atoms with Crippen LogP contribution in [0.2, 0.25) is 0 Å². The van der Waals surface area contributed by atoms with Crippen LogP contribution in [-0.2, 0) is 31.0 Å². The second-order valence-corrected chi connectivity index (χ2v) is 10.9. The molecule has 2 saturated heterocycles. The van der Waals surface area contributed by atoms with E-state index in [2.05, 4.69) is 44.3 Å². The highest BCUT2D eigenvalue weighted by Crippen LogP contribution is 2.41. The van der Waals surface area contributed by atoms with Gasteiger partial charge in [0.2, 0.25) is 0 Å². The molecule has 1 aliphatic carbocycles. The van der Waals surface area contributed by atoms with E-state index in [0.717, 1.165) is 49.8 Å². The summed E-state index contributed by atoms with van der Waals surface area (Å²) in [5, 5.41) is 14.6. The summed E-state index contributed by atoms with van der Waals surface area (Å²) in [4.78, 5) is 13.3. The minimum Gasteiger partial charge on any atom is -0.380 e. The number of aliphatic hydroxyl groups is 1. The fourth-order valence-electron chi connectivity index (χ4n) is 5.78. The van der Waals surface area contributed by atoms with Crippen molar-refractivity contribution in [1.29, 1.82) is 0 Å².